The first-order valence-corrected chi connectivity index (χ1v) is 8.01. The average molecular weight is 295 g/mol. The topological polar surface area (TPSA) is 40.5 Å². The summed E-state index contributed by atoms with van der Waals surface area (Å²) in [4.78, 5) is 18.8. The first-order chi connectivity index (χ1) is 9.00. The largest absolute Gasteiger partial charge is 0.347 e. The molecule has 0 saturated heterocycles. The van der Waals surface area contributed by atoms with E-state index in [4.69, 9.17) is 11.6 Å². The molecule has 0 radical (unpaired) electrons. The van der Waals surface area contributed by atoms with Gasteiger partial charge in [-0.25, -0.2) is 0 Å². The fourth-order valence-corrected chi connectivity index (χ4v) is 3.92. The zero-order chi connectivity index (χ0) is 13.6. The highest BCUT2D eigenvalue weighted by Crippen LogP contribution is 2.51. The number of rotatable bonds is 1. The molecule has 19 heavy (non-hydrogen) atoms. The van der Waals surface area contributed by atoms with Crippen LogP contribution in [0.3, 0.4) is 0 Å². The lowest BCUT2D eigenvalue weighted by molar-refractivity contribution is 0.467. The number of halogens is 1. The van der Waals surface area contributed by atoms with Gasteiger partial charge in [0, 0.05) is 15.8 Å². The normalized spacial score (nSPS) is 25.5. The van der Waals surface area contributed by atoms with E-state index >= 15 is 0 Å². The number of fused-ring (bicyclic) bond motifs is 3. The van der Waals surface area contributed by atoms with Crippen LogP contribution in [0, 0.1) is 0 Å². The third-order valence-corrected chi connectivity index (χ3v) is 5.40. The highest BCUT2D eigenvalue weighted by molar-refractivity contribution is 7.50. The fraction of sp³-hybridized carbons (Fsp3) is 0.333. The Morgan fingerprint density at radius 3 is 2.84 bits per heavy atom. The van der Waals surface area contributed by atoms with Crippen LogP contribution in [0.1, 0.15) is 30.9 Å². The molecule has 3 rings (SSSR count). The quantitative estimate of drug-likeness (QED) is 0.767. The molecule has 4 heteroatoms. The molecule has 0 saturated carbocycles. The highest BCUT2D eigenvalue weighted by atomic mass is 35.5. The lowest BCUT2D eigenvalue weighted by Crippen LogP contribution is -2.30. The third-order valence-electron chi connectivity index (χ3n) is 4.30. The number of hydrogen-bond donors (Lipinski definition) is 2. The standard InChI is InChI=1S/C15H16ClO2P/c1-15-7-6-13(19(17)18)9-11(15)3-2-10-8-12(16)4-5-14(10)15/h3-5,8-9,17-18H,2,6-7H2,1H3. The average Bonchev–Trinajstić information content (AvgIpc) is 2.37. The summed E-state index contributed by atoms with van der Waals surface area (Å²) in [6, 6.07) is 6.10. The maximum absolute atomic E-state index is 9.39. The zero-order valence-corrected chi connectivity index (χ0v) is 12.4. The van der Waals surface area contributed by atoms with Crippen LogP contribution in [0.4, 0.5) is 0 Å². The Morgan fingerprint density at radius 2 is 2.11 bits per heavy atom. The molecule has 0 spiro atoms. The molecule has 0 aromatic heterocycles. The van der Waals surface area contributed by atoms with Gasteiger partial charge >= 0.3 is 0 Å². The van der Waals surface area contributed by atoms with Crippen LogP contribution < -0.4 is 0 Å². The molecule has 1 unspecified atom stereocenters. The van der Waals surface area contributed by atoms with E-state index in [9.17, 15) is 9.79 Å². The molecule has 2 aliphatic carbocycles. The maximum Gasteiger partial charge on any atom is 0.195 e. The van der Waals surface area contributed by atoms with Gasteiger partial charge in [-0.1, -0.05) is 36.7 Å². The van der Waals surface area contributed by atoms with Gasteiger partial charge in [-0.15, -0.1) is 0 Å². The molecule has 0 fully saturated rings. The van der Waals surface area contributed by atoms with Crippen molar-refractivity contribution < 1.29 is 9.79 Å². The number of allylic oxidation sites excluding steroid dienone is 4. The molecule has 1 aromatic carbocycles. The predicted molar refractivity (Wildman–Crippen MR) is 79.3 cm³/mol. The molecule has 0 amide bonds. The molecular weight excluding hydrogens is 279 g/mol. The summed E-state index contributed by atoms with van der Waals surface area (Å²) >= 11 is 6.07. The fourth-order valence-electron chi connectivity index (χ4n) is 3.15. The van der Waals surface area contributed by atoms with Crippen molar-refractivity contribution in [1.29, 1.82) is 0 Å². The number of hydrogen-bond acceptors (Lipinski definition) is 2. The van der Waals surface area contributed by atoms with Crippen molar-refractivity contribution in [2.45, 2.75) is 31.6 Å². The Kier molecular flexibility index (Phi) is 3.31. The van der Waals surface area contributed by atoms with Gasteiger partial charge in [0.2, 0.25) is 0 Å². The summed E-state index contributed by atoms with van der Waals surface area (Å²) in [5.41, 5.74) is 3.79. The van der Waals surface area contributed by atoms with Crippen LogP contribution in [-0.4, -0.2) is 9.79 Å². The monoisotopic (exact) mass is 294 g/mol. The van der Waals surface area contributed by atoms with Gasteiger partial charge in [-0.2, -0.15) is 0 Å². The maximum atomic E-state index is 9.39. The lowest BCUT2D eigenvalue weighted by atomic mass is 9.65. The van der Waals surface area contributed by atoms with Crippen molar-refractivity contribution in [2.75, 3.05) is 0 Å². The van der Waals surface area contributed by atoms with Crippen LogP contribution in [0.5, 0.6) is 0 Å². The first-order valence-electron chi connectivity index (χ1n) is 6.39. The Balaban J connectivity index is 2.08. The minimum absolute atomic E-state index is 0.0208. The van der Waals surface area contributed by atoms with Gasteiger partial charge in [0.25, 0.3) is 0 Å². The molecular formula is C15H16ClO2P. The van der Waals surface area contributed by atoms with Gasteiger partial charge < -0.3 is 9.79 Å². The van der Waals surface area contributed by atoms with Gasteiger partial charge in [-0.05, 0) is 48.1 Å². The van der Waals surface area contributed by atoms with E-state index in [1.165, 1.54) is 16.7 Å². The van der Waals surface area contributed by atoms with E-state index < -0.39 is 8.38 Å². The molecule has 2 N–H and O–H groups in total. The summed E-state index contributed by atoms with van der Waals surface area (Å²) in [7, 11) is -1.95. The van der Waals surface area contributed by atoms with Crippen molar-refractivity contribution >= 4 is 20.0 Å². The summed E-state index contributed by atoms with van der Waals surface area (Å²) in [5.74, 6) is 0. The smallest absolute Gasteiger partial charge is 0.195 e. The molecule has 0 aliphatic heterocycles. The van der Waals surface area contributed by atoms with Crippen LogP contribution in [0.2, 0.25) is 5.02 Å². The van der Waals surface area contributed by atoms with Crippen molar-refractivity contribution in [1.82, 2.24) is 0 Å². The van der Waals surface area contributed by atoms with Crippen molar-refractivity contribution in [2.24, 2.45) is 0 Å². The highest BCUT2D eigenvalue weighted by Gasteiger charge is 2.37. The summed E-state index contributed by atoms with van der Waals surface area (Å²) in [5, 5.41) is 1.55. The molecule has 100 valence electrons. The molecule has 2 aliphatic rings. The Morgan fingerprint density at radius 1 is 1.32 bits per heavy atom. The van der Waals surface area contributed by atoms with Crippen molar-refractivity contribution in [3.8, 4) is 0 Å². The van der Waals surface area contributed by atoms with Gasteiger partial charge in [0.1, 0.15) is 0 Å². The van der Waals surface area contributed by atoms with Gasteiger partial charge in [0.15, 0.2) is 8.38 Å². The molecule has 0 bridgehead atoms. The van der Waals surface area contributed by atoms with Crippen LogP contribution >= 0.6 is 20.0 Å². The summed E-state index contributed by atoms with van der Waals surface area (Å²) < 4.78 is 0. The van der Waals surface area contributed by atoms with E-state index in [0.717, 1.165) is 29.6 Å². The van der Waals surface area contributed by atoms with Crippen LogP contribution in [0.25, 0.3) is 0 Å². The molecule has 0 heterocycles. The minimum Gasteiger partial charge on any atom is -0.347 e. The molecule has 2 nitrogen and oxygen atoms in total. The van der Waals surface area contributed by atoms with Gasteiger partial charge in [0.05, 0.1) is 0 Å². The SMILES string of the molecule is CC12CCC(P(O)O)=CC1=CCc1cc(Cl)ccc12. The number of benzene rings is 1. The molecule has 1 atom stereocenters. The summed E-state index contributed by atoms with van der Waals surface area (Å²) in [6.07, 6.45) is 6.69. The van der Waals surface area contributed by atoms with E-state index in [1.807, 2.05) is 18.2 Å². The van der Waals surface area contributed by atoms with Crippen molar-refractivity contribution in [3.63, 3.8) is 0 Å². The first kappa shape index (κ1) is 13.3. The predicted octanol–water partition coefficient (Wildman–Crippen LogP) is 4.05. The Hall–Kier alpha value is -0.660. The van der Waals surface area contributed by atoms with E-state index in [0.29, 0.717) is 0 Å². The van der Waals surface area contributed by atoms with Crippen LogP contribution in [0.15, 0.2) is 41.2 Å². The van der Waals surface area contributed by atoms with Gasteiger partial charge in [-0.3, -0.25) is 0 Å². The van der Waals surface area contributed by atoms with Crippen LogP contribution in [-0.2, 0) is 11.8 Å². The lowest BCUT2D eigenvalue weighted by Gasteiger charge is -2.40. The summed E-state index contributed by atoms with van der Waals surface area (Å²) in [6.45, 7) is 2.23. The second-order valence-corrected chi connectivity index (χ2v) is 7.01. The van der Waals surface area contributed by atoms with E-state index in [-0.39, 0.29) is 5.41 Å². The zero-order valence-electron chi connectivity index (χ0n) is 10.7. The second-order valence-electron chi connectivity index (χ2n) is 5.42. The minimum atomic E-state index is -1.95. The van der Waals surface area contributed by atoms with E-state index in [1.54, 1.807) is 0 Å². The second kappa shape index (κ2) is 4.71. The molecule has 1 aromatic rings. The Labute approximate surface area is 119 Å². The Bertz CT molecular complexity index is 592. The van der Waals surface area contributed by atoms with Crippen molar-refractivity contribution in [3.05, 3.63) is 57.4 Å². The third kappa shape index (κ3) is 2.17. The van der Waals surface area contributed by atoms with E-state index in [2.05, 4.69) is 19.1 Å².